The highest BCUT2D eigenvalue weighted by Gasteiger charge is 2.37. The molecule has 1 N–H and O–H groups in total. The number of aliphatic hydroxyl groups excluding tert-OH is 1. The number of hydrogen-bond acceptors (Lipinski definition) is 5. The van der Waals surface area contributed by atoms with Gasteiger partial charge < -0.3 is 14.6 Å². The highest BCUT2D eigenvalue weighted by atomic mass is 19.1. The first-order valence-corrected chi connectivity index (χ1v) is 11.0. The quantitative estimate of drug-likeness (QED) is 0.666. The predicted octanol–water partition coefficient (Wildman–Crippen LogP) is 2.31. The number of halogens is 1. The summed E-state index contributed by atoms with van der Waals surface area (Å²) in [6, 6.07) is 16.2. The van der Waals surface area contributed by atoms with Crippen LogP contribution in [0.25, 0.3) is 0 Å². The molecule has 0 saturated carbocycles. The largest absolute Gasteiger partial charge is 0.392 e. The monoisotopic (exact) mass is 435 g/mol. The van der Waals surface area contributed by atoms with Gasteiger partial charge in [0.05, 0.1) is 25.1 Å². The molecule has 0 spiro atoms. The third-order valence-electron chi connectivity index (χ3n) is 6.31. The lowest BCUT2D eigenvalue weighted by Gasteiger charge is -2.30. The molecule has 2 aromatic carbocycles. The van der Waals surface area contributed by atoms with Gasteiger partial charge in [0.25, 0.3) is 0 Å². The van der Waals surface area contributed by atoms with Crippen molar-refractivity contribution in [3.8, 4) is 0 Å². The molecule has 0 bridgehead atoms. The summed E-state index contributed by atoms with van der Waals surface area (Å²) >= 11 is 0. The van der Waals surface area contributed by atoms with E-state index in [0.717, 1.165) is 23.8 Å². The standard InChI is InChI=1S/C24H26FN5O2/c25-19-8-6-17(7-9-19)12-23(32)28-10-11-30-22(16-28)26-27-24(30)21-13-20(31)15-29(21)14-18-4-2-1-3-5-18/h1-9,20-21,31H,10-16H2/t20-,21-/m0/s1. The van der Waals surface area contributed by atoms with E-state index in [-0.39, 0.29) is 24.2 Å². The number of fused-ring (bicyclic) bond motifs is 1. The molecule has 1 saturated heterocycles. The SMILES string of the molecule is O=C(Cc1ccc(F)cc1)N1CCn2c(nnc2[C@@H]2C[C@H](O)CN2Cc2ccccc2)C1. The molecule has 3 aromatic rings. The summed E-state index contributed by atoms with van der Waals surface area (Å²) in [5, 5.41) is 19.2. The molecule has 0 radical (unpaired) electrons. The number of β-amino-alcohol motifs (C(OH)–C–C–N with tert-alkyl or cyclic N) is 1. The Morgan fingerprint density at radius 3 is 2.59 bits per heavy atom. The van der Waals surface area contributed by atoms with Crippen molar-refractivity contribution in [3.63, 3.8) is 0 Å². The molecule has 8 heteroatoms. The van der Waals surface area contributed by atoms with E-state index in [4.69, 9.17) is 0 Å². The molecule has 1 aromatic heterocycles. The normalized spacial score (nSPS) is 21.0. The van der Waals surface area contributed by atoms with Crippen LogP contribution in [0.3, 0.4) is 0 Å². The van der Waals surface area contributed by atoms with E-state index < -0.39 is 6.10 Å². The van der Waals surface area contributed by atoms with E-state index in [1.54, 1.807) is 17.0 Å². The Morgan fingerprint density at radius 1 is 1.03 bits per heavy atom. The zero-order chi connectivity index (χ0) is 22.1. The number of aromatic nitrogens is 3. The van der Waals surface area contributed by atoms with Gasteiger partial charge in [-0.1, -0.05) is 42.5 Å². The average Bonchev–Trinajstić information content (AvgIpc) is 3.38. The van der Waals surface area contributed by atoms with E-state index in [0.29, 0.717) is 32.6 Å². The maximum absolute atomic E-state index is 13.1. The van der Waals surface area contributed by atoms with Crippen LogP contribution in [0.4, 0.5) is 4.39 Å². The highest BCUT2D eigenvalue weighted by molar-refractivity contribution is 5.78. The van der Waals surface area contributed by atoms with Crippen LogP contribution in [0.2, 0.25) is 0 Å². The van der Waals surface area contributed by atoms with Crippen LogP contribution >= 0.6 is 0 Å². The van der Waals surface area contributed by atoms with Crippen molar-refractivity contribution < 1.29 is 14.3 Å². The number of nitrogens with zero attached hydrogens (tertiary/aromatic N) is 5. The van der Waals surface area contributed by atoms with E-state index in [1.807, 2.05) is 18.2 Å². The Bertz CT molecular complexity index is 1090. The molecule has 1 fully saturated rings. The van der Waals surface area contributed by atoms with Gasteiger partial charge in [-0.2, -0.15) is 0 Å². The van der Waals surface area contributed by atoms with Crippen molar-refractivity contribution in [1.82, 2.24) is 24.6 Å². The van der Waals surface area contributed by atoms with Crippen LogP contribution in [0.5, 0.6) is 0 Å². The van der Waals surface area contributed by atoms with Gasteiger partial charge in [-0.3, -0.25) is 9.69 Å². The van der Waals surface area contributed by atoms with Crippen molar-refractivity contribution in [2.75, 3.05) is 13.1 Å². The fourth-order valence-corrected chi connectivity index (χ4v) is 4.67. The lowest BCUT2D eigenvalue weighted by Crippen LogP contribution is -2.40. The van der Waals surface area contributed by atoms with Crippen molar-refractivity contribution in [2.24, 2.45) is 0 Å². The highest BCUT2D eigenvalue weighted by Crippen LogP contribution is 2.33. The fraction of sp³-hybridized carbons (Fsp3) is 0.375. The van der Waals surface area contributed by atoms with Crippen LogP contribution in [-0.2, 0) is 30.8 Å². The summed E-state index contributed by atoms with van der Waals surface area (Å²) in [6.07, 6.45) is 0.466. The van der Waals surface area contributed by atoms with Gasteiger partial charge in [0.15, 0.2) is 11.6 Å². The smallest absolute Gasteiger partial charge is 0.227 e. The molecule has 7 nitrogen and oxygen atoms in total. The molecule has 166 valence electrons. The van der Waals surface area contributed by atoms with Crippen LogP contribution < -0.4 is 0 Å². The van der Waals surface area contributed by atoms with Crippen LogP contribution in [0.15, 0.2) is 54.6 Å². The minimum Gasteiger partial charge on any atom is -0.392 e. The first kappa shape index (κ1) is 20.8. The topological polar surface area (TPSA) is 74.5 Å². The number of likely N-dealkylation sites (tertiary alicyclic amines) is 1. The second-order valence-electron chi connectivity index (χ2n) is 8.56. The number of hydrogen-bond donors (Lipinski definition) is 1. The second-order valence-corrected chi connectivity index (χ2v) is 8.56. The Hall–Kier alpha value is -3.10. The molecule has 1 amide bonds. The number of rotatable bonds is 5. The van der Waals surface area contributed by atoms with E-state index >= 15 is 0 Å². The molecule has 3 heterocycles. The van der Waals surface area contributed by atoms with Gasteiger partial charge in [-0.05, 0) is 29.7 Å². The van der Waals surface area contributed by atoms with E-state index in [2.05, 4.69) is 31.8 Å². The lowest BCUT2D eigenvalue weighted by atomic mass is 10.1. The number of benzene rings is 2. The minimum atomic E-state index is -0.394. The van der Waals surface area contributed by atoms with Crippen molar-refractivity contribution in [1.29, 1.82) is 0 Å². The number of aliphatic hydroxyl groups is 1. The average molecular weight is 436 g/mol. The summed E-state index contributed by atoms with van der Waals surface area (Å²) in [6.45, 7) is 2.95. The third-order valence-corrected chi connectivity index (χ3v) is 6.31. The van der Waals surface area contributed by atoms with E-state index in [9.17, 15) is 14.3 Å². The summed E-state index contributed by atoms with van der Waals surface area (Å²) < 4.78 is 15.2. The van der Waals surface area contributed by atoms with E-state index in [1.165, 1.54) is 17.7 Å². The number of carbonyl (C=O) groups excluding carboxylic acids is 1. The third kappa shape index (κ3) is 4.28. The van der Waals surface area contributed by atoms with Crippen LogP contribution in [-0.4, -0.2) is 54.8 Å². The first-order chi connectivity index (χ1) is 15.6. The maximum atomic E-state index is 13.1. The molecule has 0 aliphatic carbocycles. The first-order valence-electron chi connectivity index (χ1n) is 11.0. The molecule has 0 unspecified atom stereocenters. The van der Waals surface area contributed by atoms with Gasteiger partial charge in [0.2, 0.25) is 5.91 Å². The van der Waals surface area contributed by atoms with Gasteiger partial charge in [-0.25, -0.2) is 4.39 Å². The van der Waals surface area contributed by atoms with Gasteiger partial charge in [0.1, 0.15) is 5.82 Å². The molecule has 32 heavy (non-hydrogen) atoms. The number of amides is 1. The summed E-state index contributed by atoms with van der Waals surface area (Å²) in [5.74, 6) is 1.31. The Balaban J connectivity index is 1.29. The predicted molar refractivity (Wildman–Crippen MR) is 116 cm³/mol. The zero-order valence-electron chi connectivity index (χ0n) is 17.8. The Morgan fingerprint density at radius 2 is 1.81 bits per heavy atom. The summed E-state index contributed by atoms with van der Waals surface area (Å²) in [5.41, 5.74) is 1.99. The molecular weight excluding hydrogens is 409 g/mol. The van der Waals surface area contributed by atoms with Crippen molar-refractivity contribution in [2.45, 2.75) is 44.6 Å². The van der Waals surface area contributed by atoms with Crippen LogP contribution in [0.1, 0.15) is 35.2 Å². The zero-order valence-corrected chi connectivity index (χ0v) is 17.8. The fourth-order valence-electron chi connectivity index (χ4n) is 4.67. The molecular formula is C24H26FN5O2. The Kier molecular flexibility index (Phi) is 5.71. The molecule has 2 atom stereocenters. The summed E-state index contributed by atoms with van der Waals surface area (Å²) in [4.78, 5) is 16.8. The lowest BCUT2D eigenvalue weighted by molar-refractivity contribution is -0.132. The summed E-state index contributed by atoms with van der Waals surface area (Å²) in [7, 11) is 0. The molecule has 2 aliphatic rings. The second kappa shape index (κ2) is 8.80. The van der Waals surface area contributed by atoms with Gasteiger partial charge in [0, 0.05) is 26.2 Å². The van der Waals surface area contributed by atoms with Crippen molar-refractivity contribution >= 4 is 5.91 Å². The van der Waals surface area contributed by atoms with Gasteiger partial charge in [-0.15, -0.1) is 10.2 Å². The molecule has 5 rings (SSSR count). The maximum Gasteiger partial charge on any atom is 0.227 e. The minimum absolute atomic E-state index is 0.00518. The Labute approximate surface area is 186 Å². The van der Waals surface area contributed by atoms with Gasteiger partial charge >= 0.3 is 0 Å². The molecule has 2 aliphatic heterocycles. The van der Waals surface area contributed by atoms with Crippen molar-refractivity contribution in [3.05, 3.63) is 83.2 Å². The number of carbonyl (C=O) groups is 1. The van der Waals surface area contributed by atoms with Crippen LogP contribution in [0, 0.1) is 5.82 Å².